The molecule has 0 bridgehead atoms. The molecule has 0 amide bonds. The molecule has 0 saturated carbocycles. The Morgan fingerprint density at radius 3 is 2.05 bits per heavy atom. The molecule has 9 rings (SSSR count). The van der Waals surface area contributed by atoms with Gasteiger partial charge in [0.1, 0.15) is 11.2 Å². The van der Waals surface area contributed by atoms with Gasteiger partial charge in [0.05, 0.1) is 22.4 Å². The first-order chi connectivity index (χ1) is 20.3. The Morgan fingerprint density at radius 1 is 0.512 bits per heavy atom. The third-order valence-corrected chi connectivity index (χ3v) is 8.16. The van der Waals surface area contributed by atoms with Crippen molar-refractivity contribution in [1.82, 2.24) is 9.55 Å². The van der Waals surface area contributed by atoms with Crippen LogP contribution in [-0.2, 0) is 0 Å². The van der Waals surface area contributed by atoms with Crippen molar-refractivity contribution in [3.63, 3.8) is 0 Å². The molecular weight excluding hydrogens is 502 g/mol. The van der Waals surface area contributed by atoms with E-state index in [2.05, 4.69) is 131 Å². The Morgan fingerprint density at radius 2 is 1.17 bits per heavy atom. The van der Waals surface area contributed by atoms with Crippen molar-refractivity contribution in [3.05, 3.63) is 140 Å². The highest BCUT2D eigenvalue weighted by molar-refractivity contribution is 6.06. The molecule has 8 aromatic rings. The van der Waals surface area contributed by atoms with Crippen LogP contribution in [-0.4, -0.2) is 9.55 Å². The van der Waals surface area contributed by atoms with Gasteiger partial charge >= 0.3 is 0 Å². The highest BCUT2D eigenvalue weighted by atomic mass is 16.3. The predicted molar refractivity (Wildman–Crippen MR) is 167 cm³/mol. The van der Waals surface area contributed by atoms with Crippen LogP contribution in [0.25, 0.3) is 60.9 Å². The number of hydrogen-bond donors (Lipinski definition) is 0. The number of benzene rings is 6. The van der Waals surface area contributed by atoms with E-state index >= 15 is 0 Å². The molecule has 0 saturated heterocycles. The predicted octanol–water partition coefficient (Wildman–Crippen LogP) is 10.0. The molecule has 41 heavy (non-hydrogen) atoms. The second kappa shape index (κ2) is 8.44. The Labute approximate surface area is 236 Å². The standard InChI is InChI=1S/C37H23N3O/c1-5-13-32-27(9-1)28-10-2-6-14-33(28)40-34-15-7-4-12-31(34)38-37(40)39(32)26-20-17-24(18-21-26)25-19-22-36-30(23-25)29-11-3-8-16-35(29)41-36/h1-23H. The third kappa shape index (κ3) is 3.25. The van der Waals surface area contributed by atoms with E-state index in [-0.39, 0.29) is 0 Å². The first-order valence-electron chi connectivity index (χ1n) is 13.8. The number of anilines is 3. The summed E-state index contributed by atoms with van der Waals surface area (Å²) < 4.78 is 8.34. The molecule has 0 N–H and O–H groups in total. The molecule has 0 spiro atoms. The number of imidazole rings is 1. The molecule has 0 radical (unpaired) electrons. The molecule has 0 atom stereocenters. The summed E-state index contributed by atoms with van der Waals surface area (Å²) in [5.41, 5.74) is 11.9. The van der Waals surface area contributed by atoms with Crippen LogP contribution in [0.4, 0.5) is 17.3 Å². The van der Waals surface area contributed by atoms with Gasteiger partial charge < -0.3 is 4.42 Å². The van der Waals surface area contributed by atoms with E-state index in [9.17, 15) is 0 Å². The molecule has 1 aliphatic heterocycles. The maximum Gasteiger partial charge on any atom is 0.220 e. The van der Waals surface area contributed by atoms with Gasteiger partial charge in [-0.15, -0.1) is 0 Å². The van der Waals surface area contributed by atoms with Crippen molar-refractivity contribution in [2.45, 2.75) is 0 Å². The van der Waals surface area contributed by atoms with E-state index in [4.69, 9.17) is 9.40 Å². The van der Waals surface area contributed by atoms with Crippen LogP contribution in [0.3, 0.4) is 0 Å². The van der Waals surface area contributed by atoms with Gasteiger partial charge in [0.2, 0.25) is 5.95 Å². The maximum absolute atomic E-state index is 6.06. The largest absolute Gasteiger partial charge is 0.456 e. The smallest absolute Gasteiger partial charge is 0.220 e. The van der Waals surface area contributed by atoms with Crippen molar-refractivity contribution in [3.8, 4) is 27.9 Å². The first-order valence-corrected chi connectivity index (χ1v) is 13.8. The van der Waals surface area contributed by atoms with Gasteiger partial charge in [0.15, 0.2) is 0 Å². The van der Waals surface area contributed by atoms with E-state index in [1.54, 1.807) is 0 Å². The summed E-state index contributed by atoms with van der Waals surface area (Å²) in [7, 11) is 0. The maximum atomic E-state index is 6.06. The second-order valence-corrected chi connectivity index (χ2v) is 10.5. The summed E-state index contributed by atoms with van der Waals surface area (Å²) in [4.78, 5) is 7.47. The van der Waals surface area contributed by atoms with Gasteiger partial charge in [-0.05, 0) is 65.7 Å². The fourth-order valence-corrected chi connectivity index (χ4v) is 6.26. The first kappa shape index (κ1) is 22.2. The lowest BCUT2D eigenvalue weighted by Gasteiger charge is -2.24. The Hall–Kier alpha value is -5.61. The normalized spacial score (nSPS) is 12.3. The third-order valence-electron chi connectivity index (χ3n) is 8.16. The van der Waals surface area contributed by atoms with Crippen LogP contribution in [0.15, 0.2) is 144 Å². The highest BCUT2D eigenvalue weighted by Crippen LogP contribution is 2.47. The number of hydrogen-bond acceptors (Lipinski definition) is 3. The van der Waals surface area contributed by atoms with Gasteiger partial charge in [0.25, 0.3) is 0 Å². The van der Waals surface area contributed by atoms with E-state index < -0.39 is 0 Å². The quantitative estimate of drug-likeness (QED) is 0.225. The van der Waals surface area contributed by atoms with E-state index in [1.807, 2.05) is 18.2 Å². The second-order valence-electron chi connectivity index (χ2n) is 10.5. The molecule has 2 aromatic heterocycles. The SMILES string of the molecule is c1ccc2c(c1)-c1ccccc1-n1c(nc3ccccc31)N2c1ccc(-c2ccc3oc4ccccc4c3c2)cc1. The van der Waals surface area contributed by atoms with E-state index in [0.717, 1.165) is 67.1 Å². The number of fused-ring (bicyclic) bond motifs is 10. The Balaban J connectivity index is 1.23. The summed E-state index contributed by atoms with van der Waals surface area (Å²) in [6.45, 7) is 0. The minimum absolute atomic E-state index is 0.877. The Kier molecular flexibility index (Phi) is 4.58. The van der Waals surface area contributed by atoms with Crippen LogP contribution in [0.1, 0.15) is 0 Å². The van der Waals surface area contributed by atoms with Crippen LogP contribution >= 0.6 is 0 Å². The van der Waals surface area contributed by atoms with Gasteiger partial charge in [-0.3, -0.25) is 9.47 Å². The molecule has 3 heterocycles. The minimum Gasteiger partial charge on any atom is -0.456 e. The van der Waals surface area contributed by atoms with Crippen molar-refractivity contribution < 1.29 is 4.42 Å². The molecule has 4 nitrogen and oxygen atoms in total. The lowest BCUT2D eigenvalue weighted by atomic mass is 10.0. The van der Waals surface area contributed by atoms with Gasteiger partial charge in [0, 0.05) is 27.6 Å². The van der Waals surface area contributed by atoms with E-state index in [0.29, 0.717) is 0 Å². The number of nitrogens with zero attached hydrogens (tertiary/aromatic N) is 3. The monoisotopic (exact) mass is 525 g/mol. The summed E-state index contributed by atoms with van der Waals surface area (Å²) in [6, 6.07) is 49.0. The zero-order valence-electron chi connectivity index (χ0n) is 22.0. The fourth-order valence-electron chi connectivity index (χ4n) is 6.26. The molecule has 192 valence electrons. The summed E-state index contributed by atoms with van der Waals surface area (Å²) in [6.07, 6.45) is 0. The van der Waals surface area contributed by atoms with Gasteiger partial charge in [-0.1, -0.05) is 84.9 Å². The van der Waals surface area contributed by atoms with Crippen LogP contribution in [0.2, 0.25) is 0 Å². The molecule has 6 aromatic carbocycles. The molecular formula is C37H23N3O. The molecule has 4 heteroatoms. The summed E-state index contributed by atoms with van der Waals surface area (Å²) in [5, 5.41) is 2.27. The number of aromatic nitrogens is 2. The molecule has 1 aliphatic rings. The molecule has 0 fully saturated rings. The number of rotatable bonds is 2. The van der Waals surface area contributed by atoms with E-state index in [1.165, 1.54) is 11.1 Å². The van der Waals surface area contributed by atoms with Crippen molar-refractivity contribution >= 4 is 50.3 Å². The van der Waals surface area contributed by atoms with Crippen LogP contribution in [0.5, 0.6) is 0 Å². The highest BCUT2D eigenvalue weighted by Gasteiger charge is 2.28. The topological polar surface area (TPSA) is 34.2 Å². The summed E-state index contributed by atoms with van der Waals surface area (Å²) >= 11 is 0. The minimum atomic E-state index is 0.877. The van der Waals surface area contributed by atoms with Crippen molar-refractivity contribution in [1.29, 1.82) is 0 Å². The van der Waals surface area contributed by atoms with Crippen LogP contribution < -0.4 is 4.90 Å². The number of para-hydroxylation sites is 5. The lowest BCUT2D eigenvalue weighted by Crippen LogP contribution is -2.14. The van der Waals surface area contributed by atoms with Crippen molar-refractivity contribution in [2.75, 3.05) is 4.90 Å². The summed E-state index contributed by atoms with van der Waals surface area (Å²) in [5.74, 6) is 0.877. The zero-order valence-corrected chi connectivity index (χ0v) is 22.0. The van der Waals surface area contributed by atoms with Gasteiger partial charge in [-0.2, -0.15) is 0 Å². The van der Waals surface area contributed by atoms with Crippen molar-refractivity contribution in [2.24, 2.45) is 0 Å². The average molecular weight is 526 g/mol. The molecule has 0 unspecified atom stereocenters. The molecule has 0 aliphatic carbocycles. The number of furan rings is 1. The fraction of sp³-hybridized carbons (Fsp3) is 0. The van der Waals surface area contributed by atoms with Crippen LogP contribution in [0, 0.1) is 0 Å². The zero-order chi connectivity index (χ0) is 26.9. The van der Waals surface area contributed by atoms with Gasteiger partial charge in [-0.25, -0.2) is 4.98 Å². The Bertz CT molecular complexity index is 2270. The average Bonchev–Trinajstić information content (AvgIpc) is 3.57. The lowest BCUT2D eigenvalue weighted by molar-refractivity contribution is 0.669.